The molecule has 166 valence electrons. The number of carbonyl (C=O) groups excluding carboxylic acids is 3. The molecule has 0 fully saturated rings. The van der Waals surface area contributed by atoms with Gasteiger partial charge in [-0.25, -0.2) is 0 Å². The van der Waals surface area contributed by atoms with Crippen molar-refractivity contribution in [1.82, 2.24) is 5.32 Å². The first-order valence-corrected chi connectivity index (χ1v) is 11.3. The van der Waals surface area contributed by atoms with Crippen LogP contribution in [-0.4, -0.2) is 31.2 Å². The minimum Gasteiger partial charge on any atom is -0.493 e. The molecular weight excluding hydrogens is 533 g/mol. The number of allylic oxidation sites excluding steroid dienone is 1. The summed E-state index contributed by atoms with van der Waals surface area (Å²) in [5.74, 6) is -0.0229. The summed E-state index contributed by atoms with van der Waals surface area (Å²) in [7, 11) is 1.49. The van der Waals surface area contributed by atoms with Gasteiger partial charge in [-0.05, 0) is 51.9 Å². The van der Waals surface area contributed by atoms with Crippen molar-refractivity contribution < 1.29 is 23.9 Å². The molecule has 1 aliphatic rings. The summed E-state index contributed by atoms with van der Waals surface area (Å²) in [6, 6.07) is 19.8. The lowest BCUT2D eigenvalue weighted by molar-refractivity contribution is -0.123. The predicted octanol–water partition coefficient (Wildman–Crippen LogP) is 4.46. The van der Waals surface area contributed by atoms with Crippen LogP contribution < -0.4 is 14.8 Å². The van der Waals surface area contributed by atoms with Gasteiger partial charge in [0.15, 0.2) is 29.7 Å². The Kier molecular flexibility index (Phi) is 6.88. The average molecular weight is 553 g/mol. The van der Waals surface area contributed by atoms with Gasteiger partial charge in [-0.3, -0.25) is 14.4 Å². The number of nitrogens with one attached hydrogen (secondary N) is 1. The first kappa shape index (κ1) is 22.7. The second kappa shape index (κ2) is 9.99. The van der Waals surface area contributed by atoms with Crippen molar-refractivity contribution in [3.05, 3.63) is 98.1 Å². The van der Waals surface area contributed by atoms with E-state index in [1.165, 1.54) is 7.11 Å². The maximum atomic E-state index is 12.7. The molecule has 6 nitrogen and oxygen atoms in total. The Hall–Kier alpha value is -3.46. The Morgan fingerprint density at radius 1 is 0.970 bits per heavy atom. The van der Waals surface area contributed by atoms with Crippen molar-refractivity contribution in [2.45, 2.75) is 6.54 Å². The van der Waals surface area contributed by atoms with Gasteiger partial charge in [-0.1, -0.05) is 54.6 Å². The average Bonchev–Trinajstić information content (AvgIpc) is 3.07. The third-order valence-corrected chi connectivity index (χ3v) is 5.95. The van der Waals surface area contributed by atoms with Gasteiger partial charge in [0.2, 0.25) is 0 Å². The van der Waals surface area contributed by atoms with Crippen molar-refractivity contribution in [1.29, 1.82) is 0 Å². The molecule has 4 rings (SSSR count). The van der Waals surface area contributed by atoms with E-state index in [4.69, 9.17) is 9.47 Å². The summed E-state index contributed by atoms with van der Waals surface area (Å²) in [6.07, 6.45) is 1.56. The second-order valence-electron chi connectivity index (χ2n) is 7.35. The van der Waals surface area contributed by atoms with E-state index >= 15 is 0 Å². The van der Waals surface area contributed by atoms with Gasteiger partial charge < -0.3 is 14.8 Å². The Labute approximate surface area is 204 Å². The lowest BCUT2D eigenvalue weighted by Crippen LogP contribution is -2.28. The number of carbonyl (C=O) groups is 3. The summed E-state index contributed by atoms with van der Waals surface area (Å²) < 4.78 is 11.9. The van der Waals surface area contributed by atoms with Crippen LogP contribution in [0, 0.1) is 3.57 Å². The molecule has 0 unspecified atom stereocenters. The van der Waals surface area contributed by atoms with Gasteiger partial charge in [-0.15, -0.1) is 0 Å². The highest BCUT2D eigenvalue weighted by molar-refractivity contribution is 14.1. The number of hydrogen-bond acceptors (Lipinski definition) is 5. The number of ether oxygens (including phenoxy) is 2. The Balaban J connectivity index is 1.48. The van der Waals surface area contributed by atoms with Crippen LogP contribution in [0.1, 0.15) is 31.8 Å². The molecule has 0 saturated carbocycles. The number of amides is 1. The standard InChI is InChI=1S/C26H20INO5/c1-32-22-13-17(11-20-24(30)18-9-5-6-10-19(18)25(20)31)12-21(27)26(22)33-15-23(29)28-14-16-7-3-2-4-8-16/h2-13H,14-15H2,1H3,(H,28,29). The normalized spacial score (nSPS) is 12.4. The zero-order chi connectivity index (χ0) is 23.4. The molecule has 1 amide bonds. The molecule has 3 aromatic carbocycles. The van der Waals surface area contributed by atoms with Crippen LogP contribution in [0.2, 0.25) is 0 Å². The molecule has 3 aromatic rings. The van der Waals surface area contributed by atoms with Crippen LogP contribution in [0.25, 0.3) is 6.08 Å². The molecular formula is C26H20INO5. The fourth-order valence-electron chi connectivity index (χ4n) is 3.52. The molecule has 1 N–H and O–H groups in total. The highest BCUT2D eigenvalue weighted by Crippen LogP contribution is 2.36. The lowest BCUT2D eigenvalue weighted by atomic mass is 10.1. The number of benzene rings is 3. The first-order valence-electron chi connectivity index (χ1n) is 10.2. The van der Waals surface area contributed by atoms with Crippen LogP contribution in [0.4, 0.5) is 0 Å². The van der Waals surface area contributed by atoms with Gasteiger partial charge >= 0.3 is 0 Å². The van der Waals surface area contributed by atoms with Gasteiger partial charge in [-0.2, -0.15) is 0 Å². The molecule has 33 heavy (non-hydrogen) atoms. The van der Waals surface area contributed by atoms with E-state index in [0.29, 0.717) is 38.3 Å². The highest BCUT2D eigenvalue weighted by atomic mass is 127. The van der Waals surface area contributed by atoms with E-state index in [9.17, 15) is 14.4 Å². The summed E-state index contributed by atoms with van der Waals surface area (Å²) in [5, 5.41) is 2.81. The third-order valence-electron chi connectivity index (χ3n) is 5.15. The van der Waals surface area contributed by atoms with Crippen molar-refractivity contribution in [2.24, 2.45) is 0 Å². The zero-order valence-corrected chi connectivity index (χ0v) is 19.9. The molecule has 0 heterocycles. The minimum absolute atomic E-state index is 0.114. The van der Waals surface area contributed by atoms with E-state index in [0.717, 1.165) is 5.56 Å². The molecule has 0 aromatic heterocycles. The molecule has 0 aliphatic heterocycles. The fraction of sp³-hybridized carbons (Fsp3) is 0.115. The smallest absolute Gasteiger partial charge is 0.258 e. The topological polar surface area (TPSA) is 81.7 Å². The second-order valence-corrected chi connectivity index (χ2v) is 8.51. The summed E-state index contributed by atoms with van der Waals surface area (Å²) in [5.41, 5.74) is 2.56. The third kappa shape index (κ3) is 4.98. The SMILES string of the molecule is COc1cc(C=C2C(=O)c3ccccc3C2=O)cc(I)c1OCC(=O)NCc1ccccc1. The highest BCUT2D eigenvalue weighted by Gasteiger charge is 2.32. The molecule has 1 aliphatic carbocycles. The quantitative estimate of drug-likeness (QED) is 0.266. The molecule has 0 spiro atoms. The van der Waals surface area contributed by atoms with Crippen molar-refractivity contribution in [3.8, 4) is 11.5 Å². The monoisotopic (exact) mass is 553 g/mol. The predicted molar refractivity (Wildman–Crippen MR) is 133 cm³/mol. The number of Topliss-reactive ketones (excluding diaryl/α,β-unsaturated/α-hetero) is 2. The molecule has 0 bridgehead atoms. The van der Waals surface area contributed by atoms with Crippen molar-refractivity contribution >= 4 is 46.1 Å². The number of fused-ring (bicyclic) bond motifs is 1. The zero-order valence-electron chi connectivity index (χ0n) is 17.8. The van der Waals surface area contributed by atoms with Crippen LogP contribution in [-0.2, 0) is 11.3 Å². The maximum absolute atomic E-state index is 12.7. The van der Waals surface area contributed by atoms with Crippen LogP contribution in [0.15, 0.2) is 72.3 Å². The number of halogens is 1. The van der Waals surface area contributed by atoms with E-state index in [-0.39, 0.29) is 29.7 Å². The van der Waals surface area contributed by atoms with Gasteiger partial charge in [0.25, 0.3) is 5.91 Å². The Morgan fingerprint density at radius 3 is 2.24 bits per heavy atom. The minimum atomic E-state index is -0.292. The number of rotatable bonds is 7. The molecule has 0 saturated heterocycles. The fourth-order valence-corrected chi connectivity index (χ4v) is 4.30. The van der Waals surface area contributed by atoms with Crippen molar-refractivity contribution in [2.75, 3.05) is 13.7 Å². The van der Waals surface area contributed by atoms with Gasteiger partial charge in [0.05, 0.1) is 16.3 Å². The summed E-state index contributed by atoms with van der Waals surface area (Å²) >= 11 is 2.07. The van der Waals surface area contributed by atoms with Gasteiger partial charge in [0, 0.05) is 17.7 Å². The number of hydrogen-bond donors (Lipinski definition) is 1. The van der Waals surface area contributed by atoms with E-state index in [2.05, 4.69) is 27.9 Å². The first-order chi connectivity index (χ1) is 16.0. The number of ketones is 2. The van der Waals surface area contributed by atoms with E-state index in [1.807, 2.05) is 30.3 Å². The van der Waals surface area contributed by atoms with Crippen LogP contribution >= 0.6 is 22.6 Å². The van der Waals surface area contributed by atoms with Crippen molar-refractivity contribution in [3.63, 3.8) is 0 Å². The lowest BCUT2D eigenvalue weighted by Gasteiger charge is -2.14. The Morgan fingerprint density at radius 2 is 1.61 bits per heavy atom. The summed E-state index contributed by atoms with van der Waals surface area (Å²) in [6.45, 7) is 0.236. The van der Waals surface area contributed by atoms with Gasteiger partial charge in [0.1, 0.15) is 0 Å². The molecule has 0 radical (unpaired) electrons. The number of methoxy groups -OCH3 is 1. The van der Waals surface area contributed by atoms with E-state index < -0.39 is 0 Å². The van der Waals surface area contributed by atoms with Crippen LogP contribution in [0.3, 0.4) is 0 Å². The molecule has 0 atom stereocenters. The summed E-state index contributed by atoms with van der Waals surface area (Å²) in [4.78, 5) is 37.5. The maximum Gasteiger partial charge on any atom is 0.258 e. The van der Waals surface area contributed by atoms with Crippen LogP contribution in [0.5, 0.6) is 11.5 Å². The van der Waals surface area contributed by atoms with E-state index in [1.54, 1.807) is 42.5 Å². The Bertz CT molecular complexity index is 1230. The molecule has 7 heteroatoms. The largest absolute Gasteiger partial charge is 0.493 e.